The van der Waals surface area contributed by atoms with Gasteiger partial charge in [-0.2, -0.15) is 0 Å². The predicted molar refractivity (Wildman–Crippen MR) is 78.3 cm³/mol. The van der Waals surface area contributed by atoms with Crippen molar-refractivity contribution in [3.8, 4) is 0 Å². The summed E-state index contributed by atoms with van der Waals surface area (Å²) in [7, 11) is -0.360. The van der Waals surface area contributed by atoms with E-state index in [0.717, 1.165) is 6.54 Å². The molecule has 2 heterocycles. The van der Waals surface area contributed by atoms with Gasteiger partial charge in [0.15, 0.2) is 0 Å². The number of nitrogens with two attached hydrogens (primary N) is 1. The lowest BCUT2D eigenvalue weighted by Gasteiger charge is -2.37. The molecular weight excluding hydrogens is 294 g/mol. The molecule has 1 aliphatic heterocycles. The highest BCUT2D eigenvalue weighted by Gasteiger charge is 2.30. The molecule has 1 aliphatic rings. The van der Waals surface area contributed by atoms with Gasteiger partial charge in [0.1, 0.15) is 16.8 Å². The van der Waals surface area contributed by atoms with Crippen LogP contribution in [-0.4, -0.2) is 64.0 Å². The third kappa shape index (κ3) is 3.49. The van der Waals surface area contributed by atoms with E-state index in [1.165, 1.54) is 17.2 Å². The summed E-state index contributed by atoms with van der Waals surface area (Å²) in [5.74, 6) is 0.531. The van der Waals surface area contributed by atoms with Gasteiger partial charge in [-0.05, 0) is 12.1 Å². The number of nitrogens with zero attached hydrogens (tertiary/aromatic N) is 3. The highest BCUT2D eigenvalue weighted by atomic mass is 32.2. The van der Waals surface area contributed by atoms with Gasteiger partial charge in [-0.1, -0.05) is 0 Å². The summed E-state index contributed by atoms with van der Waals surface area (Å²) in [6.45, 7) is 1.87. The highest BCUT2D eigenvalue weighted by Crippen LogP contribution is 2.18. The maximum atomic E-state index is 12.2. The Hall–Kier alpha value is -1.71. The average Bonchev–Trinajstić information content (AvgIpc) is 2.45. The van der Waals surface area contributed by atoms with E-state index in [9.17, 15) is 13.2 Å². The third-order valence-corrected chi connectivity index (χ3v) is 4.21. The Labute approximate surface area is 124 Å². The van der Waals surface area contributed by atoms with Crippen LogP contribution in [0.1, 0.15) is 0 Å². The summed E-state index contributed by atoms with van der Waals surface area (Å²) in [4.78, 5) is 19.7. The number of carbonyl (C=O) groups is 1. The highest BCUT2D eigenvalue weighted by molar-refractivity contribution is 7.89. The van der Waals surface area contributed by atoms with Gasteiger partial charge in [-0.3, -0.25) is 4.79 Å². The summed E-state index contributed by atoms with van der Waals surface area (Å²) in [6, 6.07) is 2.61. The first-order chi connectivity index (χ1) is 9.80. The van der Waals surface area contributed by atoms with Crippen LogP contribution in [0.15, 0.2) is 23.2 Å². The lowest BCUT2D eigenvalue weighted by Crippen LogP contribution is -2.58. The maximum absolute atomic E-state index is 12.2. The van der Waals surface area contributed by atoms with Crippen LogP contribution < -0.4 is 15.4 Å². The lowest BCUT2D eigenvalue weighted by molar-refractivity contribution is -0.130. The van der Waals surface area contributed by atoms with E-state index in [1.807, 2.05) is 4.90 Å². The number of amides is 1. The molecule has 1 amide bonds. The summed E-state index contributed by atoms with van der Waals surface area (Å²) >= 11 is 0. The number of hydrogen-bond acceptors (Lipinski definition) is 6. The third-order valence-electron chi connectivity index (χ3n) is 3.31. The van der Waals surface area contributed by atoms with Crippen LogP contribution in [0.4, 0.5) is 5.82 Å². The van der Waals surface area contributed by atoms with Crippen molar-refractivity contribution >= 4 is 21.7 Å². The van der Waals surface area contributed by atoms with Crippen molar-refractivity contribution in [3.63, 3.8) is 0 Å². The number of aromatic nitrogens is 1. The molecule has 1 aromatic rings. The number of piperazine rings is 1. The Bertz CT molecular complexity index is 614. The van der Waals surface area contributed by atoms with Crippen molar-refractivity contribution in [2.75, 3.05) is 38.6 Å². The zero-order chi connectivity index (χ0) is 15.6. The van der Waals surface area contributed by atoms with Crippen molar-refractivity contribution < 1.29 is 13.2 Å². The largest absolute Gasteiger partial charge is 0.347 e. The number of carbonyl (C=O) groups excluding carboxylic acids is 1. The summed E-state index contributed by atoms with van der Waals surface area (Å²) in [5.41, 5.74) is 0. The number of primary sulfonamides is 1. The summed E-state index contributed by atoms with van der Waals surface area (Å²) < 4.78 is 22.5. The minimum atomic E-state index is -3.76. The molecule has 1 atom stereocenters. The van der Waals surface area contributed by atoms with E-state index in [-0.39, 0.29) is 16.8 Å². The molecule has 21 heavy (non-hydrogen) atoms. The monoisotopic (exact) mass is 313 g/mol. The van der Waals surface area contributed by atoms with Crippen LogP contribution in [-0.2, 0) is 14.8 Å². The Morgan fingerprint density at radius 2 is 2.19 bits per heavy atom. The zero-order valence-corrected chi connectivity index (χ0v) is 12.8. The van der Waals surface area contributed by atoms with Gasteiger partial charge in [0.2, 0.25) is 15.9 Å². The van der Waals surface area contributed by atoms with Gasteiger partial charge < -0.3 is 15.1 Å². The van der Waals surface area contributed by atoms with Crippen LogP contribution in [0.25, 0.3) is 0 Å². The molecule has 2 rings (SSSR count). The minimum absolute atomic E-state index is 0.0282. The zero-order valence-electron chi connectivity index (χ0n) is 12.0. The smallest absolute Gasteiger partial charge is 0.246 e. The molecule has 8 nitrogen and oxygen atoms in total. The predicted octanol–water partition coefficient (Wildman–Crippen LogP) is -1.40. The van der Waals surface area contributed by atoms with Crippen molar-refractivity contribution in [2.45, 2.75) is 10.9 Å². The fraction of sp³-hybridized carbons (Fsp3) is 0.500. The molecule has 0 bridgehead atoms. The van der Waals surface area contributed by atoms with E-state index in [2.05, 4.69) is 10.3 Å². The quantitative estimate of drug-likeness (QED) is 0.710. The Morgan fingerprint density at radius 1 is 1.48 bits per heavy atom. The molecule has 0 spiro atoms. The normalized spacial score (nSPS) is 19.4. The first-order valence-corrected chi connectivity index (χ1v) is 8.02. The van der Waals surface area contributed by atoms with Crippen molar-refractivity contribution in [3.05, 3.63) is 18.3 Å². The maximum Gasteiger partial charge on any atom is 0.246 e. The molecule has 3 N–H and O–H groups in total. The Balaban J connectivity index is 2.27. The number of anilines is 1. The lowest BCUT2D eigenvalue weighted by atomic mass is 10.1. The molecule has 116 valence electrons. The molecule has 1 fully saturated rings. The average molecular weight is 313 g/mol. The van der Waals surface area contributed by atoms with Crippen LogP contribution in [0.5, 0.6) is 0 Å². The van der Waals surface area contributed by atoms with Gasteiger partial charge >= 0.3 is 0 Å². The summed E-state index contributed by atoms with van der Waals surface area (Å²) in [6.07, 6.45) is 1.21. The van der Waals surface area contributed by atoms with Crippen molar-refractivity contribution in [1.82, 2.24) is 15.2 Å². The van der Waals surface area contributed by atoms with Gasteiger partial charge in [0.25, 0.3) is 0 Å². The van der Waals surface area contributed by atoms with Crippen LogP contribution in [0.2, 0.25) is 0 Å². The van der Waals surface area contributed by atoms with Gasteiger partial charge in [-0.15, -0.1) is 0 Å². The fourth-order valence-corrected chi connectivity index (χ4v) is 2.67. The van der Waals surface area contributed by atoms with Crippen LogP contribution in [0, 0.1) is 0 Å². The topological polar surface area (TPSA) is 109 Å². The van der Waals surface area contributed by atoms with Crippen LogP contribution >= 0.6 is 0 Å². The first kappa shape index (κ1) is 15.7. The second-order valence-electron chi connectivity index (χ2n) is 5.04. The molecule has 0 radical (unpaired) electrons. The van der Waals surface area contributed by atoms with E-state index >= 15 is 0 Å². The fourth-order valence-electron chi connectivity index (χ4n) is 2.21. The van der Waals surface area contributed by atoms with E-state index in [4.69, 9.17) is 5.14 Å². The van der Waals surface area contributed by atoms with E-state index < -0.39 is 10.0 Å². The van der Waals surface area contributed by atoms with E-state index in [0.29, 0.717) is 18.9 Å². The second kappa shape index (κ2) is 5.96. The van der Waals surface area contributed by atoms with E-state index in [1.54, 1.807) is 20.2 Å². The molecule has 1 unspecified atom stereocenters. The molecule has 0 saturated carbocycles. The molecule has 1 saturated heterocycles. The second-order valence-corrected chi connectivity index (χ2v) is 6.60. The standard InChI is InChI=1S/C12H19N5O3S/c1-16(2)12(18)10-8-14-5-6-17(10)11-4-3-9(7-15-11)21(13,19)20/h3-4,7,10,14H,5-6,8H2,1-2H3,(H2,13,19,20). The van der Waals surface area contributed by atoms with Gasteiger partial charge in [0.05, 0.1) is 0 Å². The van der Waals surface area contributed by atoms with Crippen molar-refractivity contribution in [2.24, 2.45) is 5.14 Å². The molecule has 0 aromatic carbocycles. The molecule has 0 aliphatic carbocycles. The summed E-state index contributed by atoms with van der Waals surface area (Å²) in [5, 5.41) is 8.22. The number of sulfonamides is 1. The number of hydrogen-bond donors (Lipinski definition) is 2. The Kier molecular flexibility index (Phi) is 4.45. The van der Waals surface area contributed by atoms with Crippen molar-refractivity contribution in [1.29, 1.82) is 0 Å². The Morgan fingerprint density at radius 3 is 2.71 bits per heavy atom. The number of nitrogens with one attached hydrogen (secondary N) is 1. The first-order valence-electron chi connectivity index (χ1n) is 6.48. The van der Waals surface area contributed by atoms with Gasteiger partial charge in [-0.25, -0.2) is 18.5 Å². The molecule has 1 aromatic heterocycles. The number of pyridine rings is 1. The minimum Gasteiger partial charge on any atom is -0.347 e. The SMILES string of the molecule is CN(C)C(=O)C1CNCCN1c1ccc(S(N)(=O)=O)cn1. The number of likely N-dealkylation sites (N-methyl/N-ethyl adjacent to an activating group) is 1. The molecule has 9 heteroatoms. The molecular formula is C12H19N5O3S. The van der Waals surface area contributed by atoms with Crippen LogP contribution in [0.3, 0.4) is 0 Å². The van der Waals surface area contributed by atoms with Gasteiger partial charge in [0, 0.05) is 39.9 Å². The number of rotatable bonds is 3.